The molecule has 0 amide bonds. The monoisotopic (exact) mass is 237 g/mol. The average molecular weight is 237 g/mol. The SMILES string of the molecule is Cc1cc(C)n(C2CCCC2)c(=O)c1CS. The number of rotatable bonds is 2. The molecule has 0 radical (unpaired) electrons. The Bertz CT molecular complexity index is 444. The molecule has 2 rings (SSSR count). The molecule has 3 heteroatoms. The Morgan fingerprint density at radius 3 is 2.56 bits per heavy atom. The van der Waals surface area contributed by atoms with E-state index in [1.165, 1.54) is 12.8 Å². The first-order valence-corrected chi connectivity index (χ1v) is 6.61. The second-order valence-corrected chi connectivity index (χ2v) is 5.04. The maximum absolute atomic E-state index is 12.3. The fourth-order valence-corrected chi connectivity index (χ4v) is 3.14. The van der Waals surface area contributed by atoms with Gasteiger partial charge in [-0.05, 0) is 38.3 Å². The van der Waals surface area contributed by atoms with Crippen molar-refractivity contribution < 1.29 is 0 Å². The summed E-state index contributed by atoms with van der Waals surface area (Å²) in [5.74, 6) is 0.539. The Morgan fingerprint density at radius 2 is 2.00 bits per heavy atom. The van der Waals surface area contributed by atoms with Crippen molar-refractivity contribution in [2.45, 2.75) is 51.3 Å². The van der Waals surface area contributed by atoms with Crippen LogP contribution in [0.1, 0.15) is 48.5 Å². The first-order chi connectivity index (χ1) is 7.65. The predicted octanol–water partition coefficient (Wildman–Crippen LogP) is 3.01. The molecule has 1 heterocycles. The van der Waals surface area contributed by atoms with Gasteiger partial charge in [-0.2, -0.15) is 12.6 Å². The zero-order valence-electron chi connectivity index (χ0n) is 9.99. The normalized spacial score (nSPS) is 16.9. The molecular formula is C13H19NOS. The van der Waals surface area contributed by atoms with Crippen molar-refractivity contribution in [3.63, 3.8) is 0 Å². The van der Waals surface area contributed by atoms with Gasteiger partial charge in [0.2, 0.25) is 0 Å². The standard InChI is InChI=1S/C13H19NOS/c1-9-7-10(2)14(11-5-3-4-6-11)13(15)12(9)8-16/h7,11,16H,3-6,8H2,1-2H3. The summed E-state index contributed by atoms with van der Waals surface area (Å²) in [4.78, 5) is 12.3. The smallest absolute Gasteiger partial charge is 0.255 e. The van der Waals surface area contributed by atoms with Crippen molar-refractivity contribution in [1.82, 2.24) is 4.57 Å². The van der Waals surface area contributed by atoms with E-state index in [-0.39, 0.29) is 5.56 Å². The van der Waals surface area contributed by atoms with E-state index in [4.69, 9.17) is 0 Å². The van der Waals surface area contributed by atoms with Gasteiger partial charge in [-0.1, -0.05) is 12.8 Å². The highest BCUT2D eigenvalue weighted by Crippen LogP contribution is 2.29. The van der Waals surface area contributed by atoms with Gasteiger partial charge >= 0.3 is 0 Å². The van der Waals surface area contributed by atoms with Gasteiger partial charge < -0.3 is 4.57 Å². The fourth-order valence-electron chi connectivity index (χ4n) is 2.75. The lowest BCUT2D eigenvalue weighted by Crippen LogP contribution is -2.28. The average Bonchev–Trinajstić information content (AvgIpc) is 2.70. The van der Waals surface area contributed by atoms with E-state index in [9.17, 15) is 4.79 Å². The van der Waals surface area contributed by atoms with Crippen LogP contribution in [0, 0.1) is 13.8 Å². The molecular weight excluding hydrogens is 218 g/mol. The molecule has 2 nitrogen and oxygen atoms in total. The lowest BCUT2D eigenvalue weighted by Gasteiger charge is -2.19. The van der Waals surface area contributed by atoms with Gasteiger partial charge in [-0.25, -0.2) is 0 Å². The largest absolute Gasteiger partial charge is 0.310 e. The lowest BCUT2D eigenvalue weighted by molar-refractivity contribution is 0.488. The summed E-state index contributed by atoms with van der Waals surface area (Å²) in [7, 11) is 0. The molecule has 16 heavy (non-hydrogen) atoms. The van der Waals surface area contributed by atoms with Gasteiger partial charge in [0.15, 0.2) is 0 Å². The van der Waals surface area contributed by atoms with Gasteiger partial charge in [0.1, 0.15) is 0 Å². The Labute approximate surface area is 102 Å². The second-order valence-electron chi connectivity index (χ2n) is 4.72. The van der Waals surface area contributed by atoms with Crippen LogP contribution in [0.15, 0.2) is 10.9 Å². The third kappa shape index (κ3) is 1.93. The molecule has 88 valence electrons. The third-order valence-electron chi connectivity index (χ3n) is 3.61. The van der Waals surface area contributed by atoms with Crippen molar-refractivity contribution in [3.8, 4) is 0 Å². The molecule has 0 atom stereocenters. The minimum atomic E-state index is 0.180. The Kier molecular flexibility index (Phi) is 3.43. The summed E-state index contributed by atoms with van der Waals surface area (Å²) in [5, 5.41) is 0. The molecule has 1 aliphatic carbocycles. The molecule has 1 saturated carbocycles. The summed E-state index contributed by atoms with van der Waals surface area (Å²) in [6.45, 7) is 4.04. The van der Waals surface area contributed by atoms with Gasteiger partial charge in [0, 0.05) is 23.1 Å². The minimum Gasteiger partial charge on any atom is -0.310 e. The molecule has 0 aliphatic heterocycles. The predicted molar refractivity (Wildman–Crippen MR) is 70.4 cm³/mol. The van der Waals surface area contributed by atoms with Crippen LogP contribution in [0.5, 0.6) is 0 Å². The third-order valence-corrected chi connectivity index (χ3v) is 3.92. The van der Waals surface area contributed by atoms with Crippen molar-refractivity contribution in [3.05, 3.63) is 33.2 Å². The van der Waals surface area contributed by atoms with Crippen LogP contribution in [-0.4, -0.2) is 4.57 Å². The van der Waals surface area contributed by atoms with E-state index in [2.05, 4.69) is 18.7 Å². The second kappa shape index (κ2) is 4.66. The Morgan fingerprint density at radius 1 is 1.38 bits per heavy atom. The fraction of sp³-hybridized carbons (Fsp3) is 0.615. The van der Waals surface area contributed by atoms with E-state index >= 15 is 0 Å². The van der Waals surface area contributed by atoms with Crippen molar-refractivity contribution >= 4 is 12.6 Å². The number of thiol groups is 1. The van der Waals surface area contributed by atoms with Crippen LogP contribution >= 0.6 is 12.6 Å². The zero-order valence-corrected chi connectivity index (χ0v) is 10.9. The van der Waals surface area contributed by atoms with Crippen LogP contribution in [0.3, 0.4) is 0 Å². The van der Waals surface area contributed by atoms with Crippen LogP contribution < -0.4 is 5.56 Å². The van der Waals surface area contributed by atoms with Gasteiger partial charge in [0.25, 0.3) is 5.56 Å². The summed E-state index contributed by atoms with van der Waals surface area (Å²) in [6.07, 6.45) is 4.80. The number of hydrogen-bond acceptors (Lipinski definition) is 2. The number of pyridine rings is 1. The quantitative estimate of drug-likeness (QED) is 0.785. The number of aryl methyl sites for hydroxylation is 2. The summed E-state index contributed by atoms with van der Waals surface area (Å²) in [6, 6.07) is 2.54. The van der Waals surface area contributed by atoms with Crippen molar-refractivity contribution in [2.24, 2.45) is 0 Å². The molecule has 0 N–H and O–H groups in total. The molecule has 0 bridgehead atoms. The van der Waals surface area contributed by atoms with E-state index in [0.29, 0.717) is 11.8 Å². The molecule has 0 saturated heterocycles. The first kappa shape index (κ1) is 11.8. The van der Waals surface area contributed by atoms with Gasteiger partial charge in [-0.3, -0.25) is 4.79 Å². The molecule has 0 aromatic carbocycles. The Balaban J connectivity index is 2.55. The number of aromatic nitrogens is 1. The van der Waals surface area contributed by atoms with E-state index < -0.39 is 0 Å². The first-order valence-electron chi connectivity index (χ1n) is 5.97. The molecule has 1 aliphatic rings. The highest BCUT2D eigenvalue weighted by atomic mass is 32.1. The molecule has 1 fully saturated rings. The molecule has 1 aromatic heterocycles. The van der Waals surface area contributed by atoms with Crippen LogP contribution in [0.2, 0.25) is 0 Å². The summed E-state index contributed by atoms with van der Waals surface area (Å²) in [5.41, 5.74) is 3.21. The maximum Gasteiger partial charge on any atom is 0.255 e. The maximum atomic E-state index is 12.3. The number of hydrogen-bond donors (Lipinski definition) is 1. The number of nitrogens with zero attached hydrogens (tertiary/aromatic N) is 1. The topological polar surface area (TPSA) is 22.0 Å². The lowest BCUT2D eigenvalue weighted by atomic mass is 10.1. The molecule has 0 unspecified atom stereocenters. The van der Waals surface area contributed by atoms with E-state index in [1.54, 1.807) is 0 Å². The highest BCUT2D eigenvalue weighted by Gasteiger charge is 2.20. The van der Waals surface area contributed by atoms with Gasteiger partial charge in [-0.15, -0.1) is 0 Å². The molecule has 1 aromatic rings. The van der Waals surface area contributed by atoms with Crippen molar-refractivity contribution in [1.29, 1.82) is 0 Å². The Hall–Kier alpha value is -0.700. The van der Waals surface area contributed by atoms with Crippen LogP contribution in [0.4, 0.5) is 0 Å². The minimum absolute atomic E-state index is 0.180. The van der Waals surface area contributed by atoms with E-state index in [1.807, 2.05) is 18.4 Å². The molecule has 0 spiro atoms. The van der Waals surface area contributed by atoms with Crippen molar-refractivity contribution in [2.75, 3.05) is 0 Å². The summed E-state index contributed by atoms with van der Waals surface area (Å²) < 4.78 is 1.99. The van der Waals surface area contributed by atoms with E-state index in [0.717, 1.165) is 29.7 Å². The van der Waals surface area contributed by atoms with Crippen LogP contribution in [0.25, 0.3) is 0 Å². The zero-order chi connectivity index (χ0) is 11.7. The highest BCUT2D eigenvalue weighted by molar-refractivity contribution is 7.79. The van der Waals surface area contributed by atoms with Gasteiger partial charge in [0.05, 0.1) is 0 Å². The van der Waals surface area contributed by atoms with Crippen LogP contribution in [-0.2, 0) is 5.75 Å². The summed E-state index contributed by atoms with van der Waals surface area (Å²) >= 11 is 4.26.